The van der Waals surface area contributed by atoms with Gasteiger partial charge in [-0.05, 0) is 12.1 Å². The van der Waals surface area contributed by atoms with E-state index in [1.165, 1.54) is 0 Å². The van der Waals surface area contributed by atoms with Gasteiger partial charge in [-0.15, -0.1) is 23.7 Å². The highest BCUT2D eigenvalue weighted by Gasteiger charge is 2.19. The molecule has 0 bridgehead atoms. The molecule has 2 aromatic rings. The Morgan fingerprint density at radius 1 is 1.40 bits per heavy atom. The molecule has 4 nitrogen and oxygen atoms in total. The molecule has 1 unspecified atom stereocenters. The van der Waals surface area contributed by atoms with Gasteiger partial charge in [-0.2, -0.15) is 0 Å². The summed E-state index contributed by atoms with van der Waals surface area (Å²) in [5.41, 5.74) is 1.99. The quantitative estimate of drug-likeness (QED) is 0.946. The Kier molecular flexibility index (Phi) is 5.37. The van der Waals surface area contributed by atoms with E-state index in [0.717, 1.165) is 35.2 Å². The van der Waals surface area contributed by atoms with Gasteiger partial charge < -0.3 is 14.8 Å². The van der Waals surface area contributed by atoms with Crippen molar-refractivity contribution >= 4 is 23.7 Å². The van der Waals surface area contributed by atoms with Crippen molar-refractivity contribution < 1.29 is 9.47 Å². The predicted molar refractivity (Wildman–Crippen MR) is 82.9 cm³/mol. The second kappa shape index (κ2) is 7.04. The van der Waals surface area contributed by atoms with E-state index in [1.807, 2.05) is 24.3 Å². The molecule has 0 spiro atoms. The third-order valence-corrected chi connectivity index (χ3v) is 4.08. The highest BCUT2D eigenvalue weighted by molar-refractivity contribution is 7.10. The summed E-state index contributed by atoms with van der Waals surface area (Å²) in [5, 5.41) is 6.56. The Hall–Kier alpha value is -1.14. The number of methoxy groups -OCH3 is 1. The van der Waals surface area contributed by atoms with E-state index in [1.54, 1.807) is 18.4 Å². The Morgan fingerprint density at radius 3 is 3.00 bits per heavy atom. The fraction of sp³-hybridized carbons (Fsp3) is 0.357. The summed E-state index contributed by atoms with van der Waals surface area (Å²) < 4.78 is 10.9. The third-order valence-electron chi connectivity index (χ3n) is 3.12. The molecular formula is C14H17ClN2O2S. The van der Waals surface area contributed by atoms with Gasteiger partial charge in [-0.3, -0.25) is 0 Å². The normalized spacial score (nSPS) is 18.4. The van der Waals surface area contributed by atoms with E-state index in [4.69, 9.17) is 14.5 Å². The van der Waals surface area contributed by atoms with Crippen molar-refractivity contribution in [3.8, 4) is 17.0 Å². The van der Waals surface area contributed by atoms with Gasteiger partial charge in [-0.1, -0.05) is 12.1 Å². The van der Waals surface area contributed by atoms with Crippen LogP contribution in [0.3, 0.4) is 0 Å². The van der Waals surface area contributed by atoms with Crippen LogP contribution < -0.4 is 10.1 Å². The summed E-state index contributed by atoms with van der Waals surface area (Å²) in [4.78, 5) is 4.71. The first-order valence-corrected chi connectivity index (χ1v) is 7.16. The zero-order valence-electron chi connectivity index (χ0n) is 11.2. The molecular weight excluding hydrogens is 296 g/mol. The summed E-state index contributed by atoms with van der Waals surface area (Å²) in [6.45, 7) is 2.36. The van der Waals surface area contributed by atoms with Crippen LogP contribution in [-0.4, -0.2) is 31.9 Å². The molecule has 3 rings (SSSR count). The lowest BCUT2D eigenvalue weighted by Crippen LogP contribution is -2.34. The standard InChI is InChI=1S/C14H16N2O2S.ClH/c1-17-13-5-3-2-4-10(13)12-9-19-14(16-12)11-8-18-7-6-15-11;/h2-5,9,11,15H,6-8H2,1H3;1H. The Labute approximate surface area is 128 Å². The summed E-state index contributed by atoms with van der Waals surface area (Å²) in [6.07, 6.45) is 0. The fourth-order valence-corrected chi connectivity index (χ4v) is 3.03. The van der Waals surface area contributed by atoms with Crippen LogP contribution in [0, 0.1) is 0 Å². The first kappa shape index (κ1) is 15.3. The first-order valence-electron chi connectivity index (χ1n) is 6.28. The lowest BCUT2D eigenvalue weighted by molar-refractivity contribution is 0.0768. The van der Waals surface area contributed by atoms with Crippen LogP contribution in [0.4, 0.5) is 0 Å². The number of nitrogens with zero attached hydrogens (tertiary/aromatic N) is 1. The van der Waals surface area contributed by atoms with Gasteiger partial charge in [0.1, 0.15) is 10.8 Å². The predicted octanol–water partition coefficient (Wildman–Crippen LogP) is 2.90. The minimum absolute atomic E-state index is 0. The number of hydrogen-bond acceptors (Lipinski definition) is 5. The molecule has 0 radical (unpaired) electrons. The summed E-state index contributed by atoms with van der Waals surface area (Å²) in [6, 6.07) is 8.16. The smallest absolute Gasteiger partial charge is 0.128 e. The largest absolute Gasteiger partial charge is 0.496 e. The molecule has 20 heavy (non-hydrogen) atoms. The van der Waals surface area contributed by atoms with Crippen LogP contribution in [-0.2, 0) is 4.74 Å². The highest BCUT2D eigenvalue weighted by atomic mass is 35.5. The average Bonchev–Trinajstić information content (AvgIpc) is 2.98. The SMILES string of the molecule is COc1ccccc1-c1csc(C2COCCN2)n1.Cl. The van der Waals surface area contributed by atoms with Crippen molar-refractivity contribution in [1.29, 1.82) is 0 Å². The molecule has 1 aromatic carbocycles. The molecule has 1 N–H and O–H groups in total. The number of hydrogen-bond donors (Lipinski definition) is 1. The topological polar surface area (TPSA) is 43.4 Å². The van der Waals surface area contributed by atoms with E-state index in [9.17, 15) is 0 Å². The number of ether oxygens (including phenoxy) is 2. The van der Waals surface area contributed by atoms with Crippen LogP contribution in [0.5, 0.6) is 5.75 Å². The monoisotopic (exact) mass is 312 g/mol. The zero-order chi connectivity index (χ0) is 13.1. The molecule has 0 saturated carbocycles. The summed E-state index contributed by atoms with van der Waals surface area (Å²) in [5.74, 6) is 0.854. The zero-order valence-corrected chi connectivity index (χ0v) is 12.8. The van der Waals surface area contributed by atoms with E-state index in [-0.39, 0.29) is 18.4 Å². The molecule has 2 heterocycles. The lowest BCUT2D eigenvalue weighted by Gasteiger charge is -2.21. The van der Waals surface area contributed by atoms with Crippen LogP contribution >= 0.6 is 23.7 Å². The molecule has 1 fully saturated rings. The van der Waals surface area contributed by atoms with Crippen molar-refractivity contribution in [2.45, 2.75) is 6.04 Å². The average molecular weight is 313 g/mol. The van der Waals surface area contributed by atoms with Gasteiger partial charge in [0.05, 0.1) is 32.1 Å². The number of thiazole rings is 1. The van der Waals surface area contributed by atoms with E-state index < -0.39 is 0 Å². The van der Waals surface area contributed by atoms with Crippen molar-refractivity contribution in [1.82, 2.24) is 10.3 Å². The van der Waals surface area contributed by atoms with Crippen molar-refractivity contribution in [3.05, 3.63) is 34.7 Å². The second-order valence-electron chi connectivity index (χ2n) is 4.35. The van der Waals surface area contributed by atoms with Crippen LogP contribution in [0.25, 0.3) is 11.3 Å². The Balaban J connectivity index is 0.00000147. The maximum absolute atomic E-state index is 5.48. The maximum atomic E-state index is 5.48. The number of aromatic nitrogens is 1. The number of benzene rings is 1. The number of para-hydroxylation sites is 1. The van der Waals surface area contributed by atoms with Gasteiger partial charge in [0.15, 0.2) is 0 Å². The minimum Gasteiger partial charge on any atom is -0.496 e. The molecule has 1 aliphatic rings. The first-order chi connectivity index (χ1) is 9.38. The van der Waals surface area contributed by atoms with Crippen molar-refractivity contribution in [2.75, 3.05) is 26.9 Å². The number of rotatable bonds is 3. The van der Waals surface area contributed by atoms with Gasteiger partial charge in [-0.25, -0.2) is 4.98 Å². The minimum atomic E-state index is 0. The number of morpholine rings is 1. The maximum Gasteiger partial charge on any atom is 0.128 e. The van der Waals surface area contributed by atoms with Gasteiger partial charge >= 0.3 is 0 Å². The molecule has 1 aliphatic heterocycles. The Bertz CT molecular complexity index is 556. The van der Waals surface area contributed by atoms with Crippen LogP contribution in [0.1, 0.15) is 11.0 Å². The van der Waals surface area contributed by atoms with E-state index >= 15 is 0 Å². The lowest BCUT2D eigenvalue weighted by atomic mass is 10.1. The molecule has 6 heteroatoms. The molecule has 1 atom stereocenters. The van der Waals surface area contributed by atoms with E-state index in [2.05, 4.69) is 10.7 Å². The van der Waals surface area contributed by atoms with Gasteiger partial charge in [0.2, 0.25) is 0 Å². The molecule has 108 valence electrons. The highest BCUT2D eigenvalue weighted by Crippen LogP contribution is 2.32. The number of nitrogens with one attached hydrogen (secondary N) is 1. The second-order valence-corrected chi connectivity index (χ2v) is 5.24. The molecule has 0 aliphatic carbocycles. The van der Waals surface area contributed by atoms with Crippen LogP contribution in [0.2, 0.25) is 0 Å². The molecule has 1 aromatic heterocycles. The van der Waals surface area contributed by atoms with Crippen LogP contribution in [0.15, 0.2) is 29.6 Å². The third kappa shape index (κ3) is 3.12. The summed E-state index contributed by atoms with van der Waals surface area (Å²) in [7, 11) is 1.68. The van der Waals surface area contributed by atoms with Crippen molar-refractivity contribution in [2.24, 2.45) is 0 Å². The van der Waals surface area contributed by atoms with Crippen molar-refractivity contribution in [3.63, 3.8) is 0 Å². The Morgan fingerprint density at radius 2 is 2.25 bits per heavy atom. The fourth-order valence-electron chi connectivity index (χ4n) is 2.15. The van der Waals surface area contributed by atoms with Gasteiger partial charge in [0, 0.05) is 17.5 Å². The summed E-state index contributed by atoms with van der Waals surface area (Å²) >= 11 is 1.66. The number of halogens is 1. The molecule has 1 saturated heterocycles. The van der Waals surface area contributed by atoms with Gasteiger partial charge in [0.25, 0.3) is 0 Å². The molecule has 0 amide bonds. The van der Waals surface area contributed by atoms with E-state index in [0.29, 0.717) is 6.61 Å².